The van der Waals surface area contributed by atoms with E-state index in [0.29, 0.717) is 18.1 Å². The van der Waals surface area contributed by atoms with E-state index < -0.39 is 0 Å². The Morgan fingerprint density at radius 2 is 2.29 bits per heavy atom. The maximum Gasteiger partial charge on any atom is 0.172 e. The number of hydrogen-bond acceptors (Lipinski definition) is 4. The van der Waals surface area contributed by atoms with Gasteiger partial charge in [-0.3, -0.25) is 0 Å². The molecule has 1 N–H and O–H groups in total. The van der Waals surface area contributed by atoms with Crippen LogP contribution in [0.25, 0.3) is 11.0 Å². The van der Waals surface area contributed by atoms with Gasteiger partial charge in [0.2, 0.25) is 0 Å². The number of furan rings is 1. The van der Waals surface area contributed by atoms with Gasteiger partial charge in [-0.2, -0.15) is 0 Å². The average Bonchev–Trinajstić information content (AvgIpc) is 2.71. The number of benzene rings is 1. The molecular weight excluding hydrogens is 335 g/mol. The number of aryl methyl sites for hydroxylation is 1. The van der Waals surface area contributed by atoms with Crippen LogP contribution in [0.4, 0.5) is 0 Å². The highest BCUT2D eigenvalue weighted by Gasteiger charge is 2.24. The van der Waals surface area contributed by atoms with Crippen molar-refractivity contribution < 1.29 is 19.0 Å². The molecule has 1 atom stereocenters. The third-order valence-electron chi connectivity index (χ3n) is 2.79. The Hall–Kier alpha value is -0.950. The van der Waals surface area contributed by atoms with E-state index in [-0.39, 0.29) is 12.7 Å². The van der Waals surface area contributed by atoms with Gasteiger partial charge in [0.25, 0.3) is 0 Å². The molecule has 1 aliphatic heterocycles. The molecule has 0 bridgehead atoms. The van der Waals surface area contributed by atoms with Crippen LogP contribution >= 0.6 is 22.6 Å². The van der Waals surface area contributed by atoms with Gasteiger partial charge in [0.1, 0.15) is 12.2 Å². The standard InChI is InChI=1S/C12H11IO4/c1-6-2-9-12(15-5-7(4-14)16-9)8-3-10(13)17-11(6)8/h2-3,7,14H,4-5H2,1H3. The molecule has 90 valence electrons. The van der Waals surface area contributed by atoms with Crippen LogP contribution in [0.15, 0.2) is 16.5 Å². The lowest BCUT2D eigenvalue weighted by atomic mass is 10.1. The third kappa shape index (κ3) is 1.77. The van der Waals surface area contributed by atoms with Crippen LogP contribution in [0.3, 0.4) is 0 Å². The number of aliphatic hydroxyl groups is 1. The molecular formula is C12H11IO4. The molecule has 0 saturated heterocycles. The maximum atomic E-state index is 9.08. The molecule has 0 spiro atoms. The Bertz CT molecular complexity index is 575. The normalized spacial score (nSPS) is 18.6. The summed E-state index contributed by atoms with van der Waals surface area (Å²) in [5.74, 6) is 1.39. The summed E-state index contributed by atoms with van der Waals surface area (Å²) in [7, 11) is 0. The van der Waals surface area contributed by atoms with Gasteiger partial charge in [-0.05, 0) is 41.1 Å². The molecule has 1 unspecified atom stereocenters. The van der Waals surface area contributed by atoms with Crippen molar-refractivity contribution in [3.63, 3.8) is 0 Å². The van der Waals surface area contributed by atoms with E-state index in [2.05, 4.69) is 22.6 Å². The van der Waals surface area contributed by atoms with Crippen LogP contribution < -0.4 is 9.47 Å². The Morgan fingerprint density at radius 1 is 1.47 bits per heavy atom. The number of hydrogen-bond donors (Lipinski definition) is 1. The summed E-state index contributed by atoms with van der Waals surface area (Å²) in [6.45, 7) is 2.29. The fourth-order valence-electron chi connectivity index (χ4n) is 2.00. The number of aliphatic hydroxyl groups excluding tert-OH is 1. The number of rotatable bonds is 1. The minimum absolute atomic E-state index is 0.0422. The van der Waals surface area contributed by atoms with Crippen molar-refractivity contribution in [3.05, 3.63) is 21.5 Å². The second-order valence-corrected chi connectivity index (χ2v) is 5.11. The fourth-order valence-corrected chi connectivity index (χ4v) is 2.53. The molecule has 0 radical (unpaired) electrons. The second-order valence-electron chi connectivity index (χ2n) is 4.05. The first-order chi connectivity index (χ1) is 8.19. The molecule has 4 nitrogen and oxygen atoms in total. The van der Waals surface area contributed by atoms with Crippen molar-refractivity contribution in [1.29, 1.82) is 0 Å². The van der Waals surface area contributed by atoms with Crippen LogP contribution in [0.2, 0.25) is 0 Å². The van der Waals surface area contributed by atoms with Crippen LogP contribution in [-0.2, 0) is 0 Å². The summed E-state index contributed by atoms with van der Waals surface area (Å²) >= 11 is 2.13. The van der Waals surface area contributed by atoms with Crippen LogP contribution in [0, 0.1) is 10.7 Å². The van der Waals surface area contributed by atoms with Crippen molar-refractivity contribution in [2.75, 3.05) is 13.2 Å². The first kappa shape index (κ1) is 11.2. The SMILES string of the molecule is Cc1cc2c(c3cc(I)oc13)OCC(CO)O2. The lowest BCUT2D eigenvalue weighted by molar-refractivity contribution is 0.0467. The molecule has 2 aromatic rings. The summed E-state index contributed by atoms with van der Waals surface area (Å²) in [4.78, 5) is 0. The van der Waals surface area contributed by atoms with E-state index in [1.54, 1.807) is 0 Å². The van der Waals surface area contributed by atoms with Crippen LogP contribution in [-0.4, -0.2) is 24.4 Å². The van der Waals surface area contributed by atoms with E-state index in [9.17, 15) is 0 Å². The largest absolute Gasteiger partial charge is 0.485 e. The van der Waals surface area contributed by atoms with Gasteiger partial charge >= 0.3 is 0 Å². The summed E-state index contributed by atoms with van der Waals surface area (Å²) < 4.78 is 17.8. The molecule has 3 rings (SSSR count). The summed E-state index contributed by atoms with van der Waals surface area (Å²) in [6, 6.07) is 3.82. The highest BCUT2D eigenvalue weighted by molar-refractivity contribution is 14.1. The molecule has 0 fully saturated rings. The Labute approximate surface area is 112 Å². The molecule has 1 aromatic heterocycles. The van der Waals surface area contributed by atoms with E-state index in [4.69, 9.17) is 19.0 Å². The maximum absolute atomic E-state index is 9.08. The van der Waals surface area contributed by atoms with E-state index in [1.165, 1.54) is 0 Å². The number of ether oxygens (including phenoxy) is 2. The van der Waals surface area contributed by atoms with Gasteiger partial charge < -0.3 is 19.0 Å². The van der Waals surface area contributed by atoms with E-state index in [1.807, 2.05) is 19.1 Å². The zero-order valence-electron chi connectivity index (χ0n) is 9.20. The molecule has 0 amide bonds. The molecule has 0 saturated carbocycles. The molecule has 5 heteroatoms. The molecule has 17 heavy (non-hydrogen) atoms. The first-order valence-electron chi connectivity index (χ1n) is 5.32. The summed E-state index contributed by atoms with van der Waals surface area (Å²) in [6.07, 6.45) is -0.287. The average molecular weight is 346 g/mol. The first-order valence-corrected chi connectivity index (χ1v) is 6.40. The summed E-state index contributed by atoms with van der Waals surface area (Å²) in [5.41, 5.74) is 1.84. The fraction of sp³-hybridized carbons (Fsp3) is 0.333. The minimum Gasteiger partial charge on any atom is -0.485 e. The van der Waals surface area contributed by atoms with Gasteiger partial charge in [-0.1, -0.05) is 0 Å². The van der Waals surface area contributed by atoms with Crippen molar-refractivity contribution in [1.82, 2.24) is 0 Å². The van der Waals surface area contributed by atoms with Crippen LogP contribution in [0.5, 0.6) is 11.5 Å². The summed E-state index contributed by atoms with van der Waals surface area (Å²) in [5, 5.41) is 10.0. The molecule has 1 aromatic carbocycles. The minimum atomic E-state index is -0.287. The van der Waals surface area contributed by atoms with Crippen molar-refractivity contribution in [3.8, 4) is 11.5 Å². The monoisotopic (exact) mass is 346 g/mol. The van der Waals surface area contributed by atoms with Gasteiger partial charge in [-0.15, -0.1) is 0 Å². The van der Waals surface area contributed by atoms with Crippen molar-refractivity contribution >= 4 is 33.6 Å². The lowest BCUT2D eigenvalue weighted by Crippen LogP contribution is -2.32. The molecule has 1 aliphatic rings. The number of halogens is 1. The molecule has 0 aliphatic carbocycles. The van der Waals surface area contributed by atoms with Gasteiger partial charge in [0, 0.05) is 6.07 Å². The highest BCUT2D eigenvalue weighted by Crippen LogP contribution is 2.42. The van der Waals surface area contributed by atoms with Crippen LogP contribution in [0.1, 0.15) is 5.56 Å². The Balaban J connectivity index is 2.20. The third-order valence-corrected chi connectivity index (χ3v) is 3.32. The predicted octanol–water partition coefficient (Wildman–Crippen LogP) is 2.48. The van der Waals surface area contributed by atoms with Crippen molar-refractivity contribution in [2.24, 2.45) is 0 Å². The smallest absolute Gasteiger partial charge is 0.172 e. The predicted molar refractivity (Wildman–Crippen MR) is 70.7 cm³/mol. The Morgan fingerprint density at radius 3 is 3.06 bits per heavy atom. The topological polar surface area (TPSA) is 51.8 Å². The van der Waals surface area contributed by atoms with Crippen molar-refractivity contribution in [2.45, 2.75) is 13.0 Å². The highest BCUT2D eigenvalue weighted by atomic mass is 127. The lowest BCUT2D eigenvalue weighted by Gasteiger charge is -2.25. The zero-order chi connectivity index (χ0) is 12.0. The van der Waals surface area contributed by atoms with E-state index >= 15 is 0 Å². The van der Waals surface area contributed by atoms with Gasteiger partial charge in [0.15, 0.2) is 21.4 Å². The van der Waals surface area contributed by atoms with Gasteiger partial charge in [-0.25, -0.2) is 0 Å². The van der Waals surface area contributed by atoms with Gasteiger partial charge in [0.05, 0.1) is 12.0 Å². The number of fused-ring (bicyclic) bond motifs is 3. The zero-order valence-corrected chi connectivity index (χ0v) is 11.4. The quantitative estimate of drug-likeness (QED) is 0.807. The Kier molecular flexibility index (Phi) is 2.67. The molecule has 2 heterocycles. The van der Waals surface area contributed by atoms with E-state index in [0.717, 1.165) is 20.3 Å². The second kappa shape index (κ2) is 4.06.